The molecule has 11 heteroatoms. The Hall–Kier alpha value is -3.14. The van der Waals surface area contributed by atoms with Crippen LogP contribution < -0.4 is 5.32 Å². The van der Waals surface area contributed by atoms with E-state index >= 15 is 0 Å². The summed E-state index contributed by atoms with van der Waals surface area (Å²) in [5.74, 6) is 0. The summed E-state index contributed by atoms with van der Waals surface area (Å²) in [6.07, 6.45) is -5.07. The Morgan fingerprint density at radius 1 is 1.03 bits per heavy atom. The lowest BCUT2D eigenvalue weighted by atomic mass is 9.98. The summed E-state index contributed by atoms with van der Waals surface area (Å²) < 4.78 is 85.9. The van der Waals surface area contributed by atoms with Crippen molar-refractivity contribution >= 4 is 34.2 Å². The van der Waals surface area contributed by atoms with E-state index in [1.807, 2.05) is 13.8 Å². The van der Waals surface area contributed by atoms with E-state index in [1.54, 1.807) is 19.1 Å². The van der Waals surface area contributed by atoms with Crippen molar-refractivity contribution in [2.24, 2.45) is 0 Å². The summed E-state index contributed by atoms with van der Waals surface area (Å²) in [4.78, 5) is 13.0. The highest BCUT2D eigenvalue weighted by Crippen LogP contribution is 2.38. The number of anilines is 1. The number of allylic oxidation sites excluding steroid dienone is 1. The monoisotopic (exact) mass is 518 g/mol. The Balaban J connectivity index is 2.03. The molecule has 0 atom stereocenters. The number of fused-ring (bicyclic) bond motifs is 1. The van der Waals surface area contributed by atoms with E-state index < -0.39 is 40.8 Å². The molecule has 0 fully saturated rings. The second-order valence-corrected chi connectivity index (χ2v) is 8.87. The van der Waals surface area contributed by atoms with E-state index in [4.69, 9.17) is 16.3 Å². The van der Waals surface area contributed by atoms with Crippen LogP contribution in [-0.2, 0) is 23.5 Å². The second kappa shape index (κ2) is 9.49. The smallest absolute Gasteiger partial charge is 0.416 e. The van der Waals surface area contributed by atoms with E-state index in [0.29, 0.717) is 40.0 Å². The van der Waals surface area contributed by atoms with Crippen LogP contribution >= 0.6 is 11.6 Å². The molecular formula is C24H21ClF6N2O2. The molecule has 188 valence electrons. The van der Waals surface area contributed by atoms with Crippen LogP contribution in [0.5, 0.6) is 0 Å². The number of hydrogen-bond donors (Lipinski definition) is 1. The van der Waals surface area contributed by atoms with Gasteiger partial charge in [0.1, 0.15) is 5.60 Å². The minimum Gasteiger partial charge on any atom is -0.495 e. The van der Waals surface area contributed by atoms with Gasteiger partial charge in [-0.05, 0) is 62.7 Å². The van der Waals surface area contributed by atoms with Crippen LogP contribution in [0, 0.1) is 0 Å². The molecule has 0 aliphatic rings. The summed E-state index contributed by atoms with van der Waals surface area (Å²) in [6, 6.07) is 4.62. The molecule has 1 aromatic heterocycles. The molecule has 35 heavy (non-hydrogen) atoms. The molecule has 0 aliphatic carbocycles. The first kappa shape index (κ1) is 26.5. The number of amides is 1. The molecular weight excluding hydrogens is 498 g/mol. The van der Waals surface area contributed by atoms with E-state index in [1.165, 1.54) is 24.6 Å². The van der Waals surface area contributed by atoms with Gasteiger partial charge < -0.3 is 10.1 Å². The van der Waals surface area contributed by atoms with Crippen molar-refractivity contribution in [2.45, 2.75) is 45.1 Å². The van der Waals surface area contributed by atoms with Crippen molar-refractivity contribution in [1.82, 2.24) is 4.57 Å². The summed E-state index contributed by atoms with van der Waals surface area (Å²) in [7, 11) is 0. The molecule has 1 N–H and O–H groups in total. The standard InChI is InChI=1S/C24H21ClF6N2O2/c1-4-7-35-22(2,3)12-14-13-33(20-6-5-17(25)11-19(14)20)21(34)32-18-9-15(23(26,27)28)8-16(10-18)24(29,30)31/h4-11,13H,12H2,1-3H3,(H,32,34). The van der Waals surface area contributed by atoms with Crippen LogP contribution in [0.3, 0.4) is 0 Å². The van der Waals surface area contributed by atoms with Gasteiger partial charge in [-0.2, -0.15) is 26.3 Å². The quantitative estimate of drug-likeness (QED) is 0.273. The number of nitrogens with one attached hydrogen (secondary N) is 1. The molecule has 2 aromatic carbocycles. The lowest BCUT2D eigenvalue weighted by molar-refractivity contribution is -0.143. The Morgan fingerprint density at radius 2 is 1.63 bits per heavy atom. The number of benzene rings is 2. The van der Waals surface area contributed by atoms with Crippen molar-refractivity contribution in [1.29, 1.82) is 0 Å². The third-order valence-electron chi connectivity index (χ3n) is 5.05. The van der Waals surface area contributed by atoms with Crippen LogP contribution in [0.1, 0.15) is 37.5 Å². The number of hydrogen-bond acceptors (Lipinski definition) is 2. The Labute approximate surface area is 202 Å². The van der Waals surface area contributed by atoms with Gasteiger partial charge in [0.15, 0.2) is 0 Å². The molecule has 0 saturated heterocycles. The number of halogens is 7. The van der Waals surface area contributed by atoms with Crippen LogP contribution in [0.15, 0.2) is 54.9 Å². The van der Waals surface area contributed by atoms with Crippen LogP contribution in [0.25, 0.3) is 10.9 Å². The summed E-state index contributed by atoms with van der Waals surface area (Å²) >= 11 is 6.12. The third-order valence-corrected chi connectivity index (χ3v) is 5.28. The number of rotatable bonds is 5. The maximum Gasteiger partial charge on any atom is 0.416 e. The summed E-state index contributed by atoms with van der Waals surface area (Å²) in [5, 5.41) is 3.12. The van der Waals surface area contributed by atoms with E-state index in [-0.39, 0.29) is 6.07 Å². The van der Waals surface area contributed by atoms with E-state index in [9.17, 15) is 31.1 Å². The fourth-order valence-corrected chi connectivity index (χ4v) is 3.71. The lowest BCUT2D eigenvalue weighted by Crippen LogP contribution is -2.25. The second-order valence-electron chi connectivity index (χ2n) is 8.43. The topological polar surface area (TPSA) is 43.3 Å². The molecule has 3 aromatic rings. The molecule has 0 unspecified atom stereocenters. The van der Waals surface area contributed by atoms with Crippen molar-refractivity contribution in [3.63, 3.8) is 0 Å². The van der Waals surface area contributed by atoms with Crippen LogP contribution in [0.4, 0.5) is 36.8 Å². The zero-order valence-electron chi connectivity index (χ0n) is 18.8. The summed E-state index contributed by atoms with van der Waals surface area (Å²) in [5.41, 5.74) is -3.39. The van der Waals surface area contributed by atoms with E-state index in [2.05, 4.69) is 5.32 Å². The molecule has 1 heterocycles. The maximum absolute atomic E-state index is 13.2. The Bertz CT molecular complexity index is 1240. The molecule has 1 amide bonds. The molecule has 0 spiro atoms. The zero-order valence-corrected chi connectivity index (χ0v) is 19.6. The fraction of sp³-hybridized carbons (Fsp3) is 0.292. The number of carbonyl (C=O) groups is 1. The lowest BCUT2D eigenvalue weighted by Gasteiger charge is -2.24. The van der Waals surface area contributed by atoms with Crippen molar-refractivity contribution in [3.8, 4) is 0 Å². The van der Waals surface area contributed by atoms with Crippen molar-refractivity contribution < 1.29 is 35.9 Å². The SMILES string of the molecule is CC=COC(C)(C)Cc1cn(C(=O)Nc2cc(C(F)(F)F)cc(C(F)(F)F)c2)c2ccc(Cl)cc12. The van der Waals surface area contributed by atoms with Crippen molar-refractivity contribution in [2.75, 3.05) is 5.32 Å². The largest absolute Gasteiger partial charge is 0.495 e. The fourth-order valence-electron chi connectivity index (χ4n) is 3.54. The molecule has 0 radical (unpaired) electrons. The Kier molecular flexibility index (Phi) is 7.17. The summed E-state index contributed by atoms with van der Waals surface area (Å²) in [6.45, 7) is 5.42. The third kappa shape index (κ3) is 6.30. The number of aromatic nitrogens is 1. The van der Waals surface area contributed by atoms with Gasteiger partial charge in [0.05, 0.1) is 22.9 Å². The van der Waals surface area contributed by atoms with Gasteiger partial charge in [0, 0.05) is 28.7 Å². The molecule has 0 aliphatic heterocycles. The van der Waals surface area contributed by atoms with Gasteiger partial charge in [-0.15, -0.1) is 0 Å². The Morgan fingerprint density at radius 3 is 2.17 bits per heavy atom. The first-order chi connectivity index (χ1) is 16.1. The van der Waals surface area contributed by atoms with Crippen molar-refractivity contribution in [3.05, 3.63) is 76.6 Å². The first-order valence-electron chi connectivity index (χ1n) is 10.3. The molecule has 0 bridgehead atoms. The minimum atomic E-state index is -5.04. The average molecular weight is 519 g/mol. The van der Waals surface area contributed by atoms with Gasteiger partial charge in [0.2, 0.25) is 0 Å². The van der Waals surface area contributed by atoms with Gasteiger partial charge >= 0.3 is 18.4 Å². The predicted molar refractivity (Wildman–Crippen MR) is 121 cm³/mol. The van der Waals surface area contributed by atoms with Gasteiger partial charge in [-0.3, -0.25) is 4.57 Å². The van der Waals surface area contributed by atoms with E-state index in [0.717, 1.165) is 4.57 Å². The highest BCUT2D eigenvalue weighted by atomic mass is 35.5. The minimum absolute atomic E-state index is 0.00630. The normalized spacial score (nSPS) is 13.0. The molecule has 3 rings (SSSR count). The number of alkyl halides is 6. The number of ether oxygens (including phenoxy) is 1. The van der Waals surface area contributed by atoms with Crippen LogP contribution in [0.2, 0.25) is 5.02 Å². The first-order valence-corrected chi connectivity index (χ1v) is 10.7. The van der Waals surface area contributed by atoms with Crippen LogP contribution in [-0.4, -0.2) is 16.2 Å². The molecule has 0 saturated carbocycles. The highest BCUT2D eigenvalue weighted by molar-refractivity contribution is 6.31. The van der Waals surface area contributed by atoms with Gasteiger partial charge in [-0.1, -0.05) is 17.7 Å². The highest BCUT2D eigenvalue weighted by Gasteiger charge is 2.37. The maximum atomic E-state index is 13.2. The predicted octanol–water partition coefficient (Wildman–Crippen LogP) is 8.28. The number of carbonyl (C=O) groups excluding carboxylic acids is 1. The van der Waals surface area contributed by atoms with Gasteiger partial charge in [-0.25, -0.2) is 4.79 Å². The zero-order chi connectivity index (χ0) is 26.2. The average Bonchev–Trinajstić information content (AvgIpc) is 3.08. The molecule has 4 nitrogen and oxygen atoms in total. The van der Waals surface area contributed by atoms with Gasteiger partial charge in [0.25, 0.3) is 0 Å². The number of nitrogens with zero attached hydrogens (tertiary/aromatic N) is 1.